The summed E-state index contributed by atoms with van der Waals surface area (Å²) in [5.41, 5.74) is 1.33. The van der Waals surface area contributed by atoms with E-state index in [-0.39, 0.29) is 17.7 Å². The largest absolute Gasteiger partial charge is 0.478 e. The number of hydrogen-bond donors (Lipinski definition) is 1. The van der Waals surface area contributed by atoms with E-state index in [1.807, 2.05) is 17.5 Å². The molecule has 3 aromatic heterocycles. The van der Waals surface area contributed by atoms with Crippen LogP contribution in [0.3, 0.4) is 0 Å². The molecule has 4 aromatic rings. The van der Waals surface area contributed by atoms with Crippen molar-refractivity contribution in [2.75, 3.05) is 6.61 Å². The molecule has 1 N–H and O–H groups in total. The van der Waals surface area contributed by atoms with E-state index in [1.54, 1.807) is 44.2 Å². The average molecular weight is 521 g/mol. The summed E-state index contributed by atoms with van der Waals surface area (Å²) in [6, 6.07) is 13.0. The lowest BCUT2D eigenvalue weighted by Crippen LogP contribution is -2.39. The zero-order valence-corrected chi connectivity index (χ0v) is 20.9. The number of carbonyl (C=O) groups excluding carboxylic acids is 1. The molecule has 0 aliphatic carbocycles. The van der Waals surface area contributed by atoms with Gasteiger partial charge < -0.3 is 14.3 Å². The van der Waals surface area contributed by atoms with Gasteiger partial charge >= 0.3 is 11.9 Å². The Kier molecular flexibility index (Phi) is 6.29. The SMILES string of the molecule is CCOC(=O)C1=C(C)N=c2s/c(=C\c3ccc(-c4cccc(C(=O)O)c4)o3)c(=O)n2C1c1cccs1. The van der Waals surface area contributed by atoms with Gasteiger partial charge in [0.05, 0.1) is 28.0 Å². The smallest absolute Gasteiger partial charge is 0.338 e. The first-order valence-corrected chi connectivity index (χ1v) is 12.7. The van der Waals surface area contributed by atoms with E-state index in [0.717, 1.165) is 4.88 Å². The molecule has 36 heavy (non-hydrogen) atoms. The number of thiophene rings is 1. The summed E-state index contributed by atoms with van der Waals surface area (Å²) in [6.07, 6.45) is 1.63. The highest BCUT2D eigenvalue weighted by molar-refractivity contribution is 7.10. The fraction of sp³-hybridized carbons (Fsp3) is 0.154. The maximum Gasteiger partial charge on any atom is 0.338 e. The van der Waals surface area contributed by atoms with Crippen LogP contribution in [0.1, 0.15) is 40.9 Å². The first-order valence-electron chi connectivity index (χ1n) is 11.0. The molecule has 10 heteroatoms. The molecule has 8 nitrogen and oxygen atoms in total. The number of rotatable bonds is 6. The van der Waals surface area contributed by atoms with Gasteiger partial charge in [0, 0.05) is 16.5 Å². The highest BCUT2D eigenvalue weighted by atomic mass is 32.1. The number of esters is 1. The molecule has 0 radical (unpaired) electrons. The van der Waals surface area contributed by atoms with Crippen molar-refractivity contribution in [1.29, 1.82) is 0 Å². The number of furan rings is 1. The summed E-state index contributed by atoms with van der Waals surface area (Å²) < 4.78 is 13.1. The quantitative estimate of drug-likeness (QED) is 0.387. The number of benzene rings is 1. The van der Waals surface area contributed by atoms with Crippen LogP contribution < -0.4 is 14.9 Å². The number of allylic oxidation sites excluding steroid dienone is 1. The second-order valence-electron chi connectivity index (χ2n) is 7.91. The lowest BCUT2D eigenvalue weighted by atomic mass is 10.0. The predicted molar refractivity (Wildman–Crippen MR) is 136 cm³/mol. The third-order valence-corrected chi connectivity index (χ3v) is 7.53. The molecule has 1 aliphatic rings. The Labute approximate surface area is 212 Å². The number of nitrogens with zero attached hydrogens (tertiary/aromatic N) is 2. The topological polar surface area (TPSA) is 111 Å². The van der Waals surface area contributed by atoms with E-state index >= 15 is 0 Å². The van der Waals surface area contributed by atoms with Crippen LogP contribution in [0.2, 0.25) is 0 Å². The van der Waals surface area contributed by atoms with Gasteiger partial charge in [-0.15, -0.1) is 11.3 Å². The fourth-order valence-electron chi connectivity index (χ4n) is 4.03. The fourth-order valence-corrected chi connectivity index (χ4v) is 5.88. The highest BCUT2D eigenvalue weighted by Gasteiger charge is 2.33. The molecule has 182 valence electrons. The number of thiazole rings is 1. The Bertz CT molecular complexity index is 1690. The highest BCUT2D eigenvalue weighted by Crippen LogP contribution is 2.33. The lowest BCUT2D eigenvalue weighted by Gasteiger charge is -2.23. The van der Waals surface area contributed by atoms with Crippen molar-refractivity contribution in [3.05, 3.63) is 101 Å². The van der Waals surface area contributed by atoms with E-state index < -0.39 is 18.0 Å². The molecular weight excluding hydrogens is 500 g/mol. The molecule has 0 saturated carbocycles. The summed E-state index contributed by atoms with van der Waals surface area (Å²) in [7, 11) is 0. The van der Waals surface area contributed by atoms with Gasteiger partial charge in [-0.3, -0.25) is 9.36 Å². The van der Waals surface area contributed by atoms with Crippen molar-refractivity contribution in [2.24, 2.45) is 4.99 Å². The van der Waals surface area contributed by atoms with E-state index in [2.05, 4.69) is 4.99 Å². The minimum absolute atomic E-state index is 0.153. The summed E-state index contributed by atoms with van der Waals surface area (Å²) in [5.74, 6) is -0.604. The second kappa shape index (κ2) is 9.56. The van der Waals surface area contributed by atoms with Gasteiger partial charge in [0.1, 0.15) is 17.6 Å². The number of aromatic carboxylic acids is 1. The molecule has 1 aromatic carbocycles. The van der Waals surface area contributed by atoms with Crippen LogP contribution in [-0.4, -0.2) is 28.2 Å². The van der Waals surface area contributed by atoms with Crippen LogP contribution in [0.4, 0.5) is 0 Å². The zero-order chi connectivity index (χ0) is 25.4. The van der Waals surface area contributed by atoms with Crippen molar-refractivity contribution in [3.8, 4) is 11.3 Å². The summed E-state index contributed by atoms with van der Waals surface area (Å²) >= 11 is 2.66. The zero-order valence-electron chi connectivity index (χ0n) is 19.3. The molecule has 1 atom stereocenters. The van der Waals surface area contributed by atoms with Crippen molar-refractivity contribution in [3.63, 3.8) is 0 Å². The van der Waals surface area contributed by atoms with Gasteiger partial charge in [-0.25, -0.2) is 14.6 Å². The van der Waals surface area contributed by atoms with Gasteiger partial charge in [0.15, 0.2) is 4.80 Å². The molecule has 1 aliphatic heterocycles. The number of carbonyl (C=O) groups is 2. The molecule has 0 amide bonds. The van der Waals surface area contributed by atoms with Crippen molar-refractivity contribution < 1.29 is 23.8 Å². The Morgan fingerprint density at radius 2 is 2.06 bits per heavy atom. The maximum absolute atomic E-state index is 13.6. The molecule has 4 heterocycles. The van der Waals surface area contributed by atoms with E-state index in [4.69, 9.17) is 9.15 Å². The van der Waals surface area contributed by atoms with Gasteiger partial charge in [-0.2, -0.15) is 0 Å². The van der Waals surface area contributed by atoms with Crippen LogP contribution >= 0.6 is 22.7 Å². The van der Waals surface area contributed by atoms with Gasteiger partial charge in [0.2, 0.25) is 0 Å². The standard InChI is InChI=1S/C26H20N2O6S2/c1-3-33-25(32)21-14(2)27-26-28(22(21)19-8-5-11-35-19)23(29)20(36-26)13-17-9-10-18(34-17)15-6-4-7-16(12-15)24(30)31/h4-13,22H,3H2,1-2H3,(H,30,31)/b20-13-. The van der Waals surface area contributed by atoms with Crippen LogP contribution in [0.25, 0.3) is 17.4 Å². The van der Waals surface area contributed by atoms with E-state index in [0.29, 0.717) is 37.7 Å². The molecule has 1 unspecified atom stereocenters. The molecule has 0 spiro atoms. The number of fused-ring (bicyclic) bond motifs is 1. The van der Waals surface area contributed by atoms with Crippen molar-refractivity contribution >= 4 is 40.7 Å². The van der Waals surface area contributed by atoms with Crippen molar-refractivity contribution in [2.45, 2.75) is 19.9 Å². The Hall–Kier alpha value is -4.02. The van der Waals surface area contributed by atoms with Crippen LogP contribution in [0.15, 0.2) is 79.4 Å². The van der Waals surface area contributed by atoms with Gasteiger partial charge in [0.25, 0.3) is 5.56 Å². The normalized spacial score (nSPS) is 15.5. The Balaban J connectivity index is 1.60. The molecule has 0 bridgehead atoms. The van der Waals surface area contributed by atoms with Gasteiger partial charge in [-0.05, 0) is 49.6 Å². The number of carboxylic acids is 1. The summed E-state index contributed by atoms with van der Waals surface area (Å²) in [6.45, 7) is 3.69. The minimum Gasteiger partial charge on any atom is -0.478 e. The van der Waals surface area contributed by atoms with Gasteiger partial charge in [-0.1, -0.05) is 29.5 Å². The molecule has 5 rings (SSSR count). The van der Waals surface area contributed by atoms with Crippen LogP contribution in [0, 0.1) is 0 Å². The van der Waals surface area contributed by atoms with Crippen LogP contribution in [0.5, 0.6) is 0 Å². The number of ether oxygens (including phenoxy) is 1. The molecular formula is C26H20N2O6S2. The third kappa shape index (κ3) is 4.25. The Morgan fingerprint density at radius 1 is 1.22 bits per heavy atom. The minimum atomic E-state index is -1.03. The maximum atomic E-state index is 13.6. The summed E-state index contributed by atoms with van der Waals surface area (Å²) in [4.78, 5) is 43.5. The van der Waals surface area contributed by atoms with E-state index in [1.165, 1.54) is 39.4 Å². The Morgan fingerprint density at radius 3 is 2.78 bits per heavy atom. The first kappa shape index (κ1) is 23.7. The first-order chi connectivity index (χ1) is 17.4. The number of carboxylic acid groups (broad SMARTS) is 1. The van der Waals surface area contributed by atoms with Crippen LogP contribution in [-0.2, 0) is 9.53 Å². The number of aromatic nitrogens is 1. The van der Waals surface area contributed by atoms with Crippen molar-refractivity contribution in [1.82, 2.24) is 4.57 Å². The average Bonchev–Trinajstić information content (AvgIpc) is 3.60. The van der Waals surface area contributed by atoms with E-state index in [9.17, 15) is 19.5 Å². The monoisotopic (exact) mass is 520 g/mol. The molecule has 0 fully saturated rings. The third-order valence-electron chi connectivity index (χ3n) is 5.62. The predicted octanol–water partition coefficient (Wildman–Crippen LogP) is 3.82. The lowest BCUT2D eigenvalue weighted by molar-refractivity contribution is -0.139. The summed E-state index contributed by atoms with van der Waals surface area (Å²) in [5, 5.41) is 11.1. The second-order valence-corrected chi connectivity index (χ2v) is 9.89. The molecule has 0 saturated heterocycles. The number of hydrogen-bond acceptors (Lipinski definition) is 8.